The lowest BCUT2D eigenvalue weighted by atomic mass is 9.65. The lowest BCUT2D eigenvalue weighted by Gasteiger charge is -2.40. The Bertz CT molecular complexity index is 858. The molecule has 1 rings (SSSR count). The molecule has 0 spiro atoms. The van der Waals surface area contributed by atoms with Gasteiger partial charge in [0.05, 0.1) is 0 Å². The van der Waals surface area contributed by atoms with Crippen LogP contribution in [0.3, 0.4) is 0 Å². The highest BCUT2D eigenvalue weighted by Crippen LogP contribution is 2.43. The molecule has 0 aliphatic carbocycles. The smallest absolute Gasteiger partial charge is 0.0182 e. The van der Waals surface area contributed by atoms with Crippen LogP contribution in [0.2, 0.25) is 0 Å². The van der Waals surface area contributed by atoms with Gasteiger partial charge in [-0.2, -0.15) is 0 Å². The molecule has 1 heteroatoms. The second kappa shape index (κ2) is 13.7. The molecule has 1 aromatic rings. The molecule has 212 valence electrons. The molecular weight excluding hydrogens is 446 g/mol. The van der Waals surface area contributed by atoms with Crippen molar-refractivity contribution in [1.29, 1.82) is 0 Å². The summed E-state index contributed by atoms with van der Waals surface area (Å²) in [4.78, 5) is 0. The van der Waals surface area contributed by atoms with Crippen LogP contribution in [-0.2, 0) is 10.8 Å². The van der Waals surface area contributed by atoms with Crippen LogP contribution in [0.15, 0.2) is 24.3 Å². The van der Waals surface area contributed by atoms with Gasteiger partial charge in [-0.15, -0.1) is 0 Å². The van der Waals surface area contributed by atoms with Gasteiger partial charge in [0.2, 0.25) is 0 Å². The molecule has 4 atom stereocenters. The summed E-state index contributed by atoms with van der Waals surface area (Å²) < 4.78 is 0. The van der Waals surface area contributed by atoms with Crippen molar-refractivity contribution in [2.24, 2.45) is 28.6 Å². The first-order chi connectivity index (χ1) is 16.9. The van der Waals surface area contributed by atoms with Crippen molar-refractivity contribution in [1.82, 2.24) is 5.32 Å². The average molecular weight is 510 g/mol. The second-order valence-corrected chi connectivity index (χ2v) is 15.1. The lowest BCUT2D eigenvalue weighted by molar-refractivity contribution is 0.157. The second-order valence-electron chi connectivity index (χ2n) is 15.1. The van der Waals surface area contributed by atoms with Gasteiger partial charge in [0, 0.05) is 17.9 Å². The maximum absolute atomic E-state index is 3.60. The van der Waals surface area contributed by atoms with Crippen LogP contribution in [-0.4, -0.2) is 13.1 Å². The van der Waals surface area contributed by atoms with E-state index in [-0.39, 0.29) is 16.2 Å². The normalized spacial score (nSPS) is 16.5. The maximum Gasteiger partial charge on any atom is 0.0182 e. The first-order valence-electron chi connectivity index (χ1n) is 15.2. The molecule has 1 nitrogen and oxygen atoms in total. The van der Waals surface area contributed by atoms with Crippen LogP contribution in [0.4, 0.5) is 0 Å². The third-order valence-electron chi connectivity index (χ3n) is 9.50. The highest BCUT2D eigenvalue weighted by Gasteiger charge is 2.34. The van der Waals surface area contributed by atoms with Gasteiger partial charge in [-0.25, -0.2) is 0 Å². The molecule has 0 bridgehead atoms. The van der Waals surface area contributed by atoms with Crippen molar-refractivity contribution in [3.63, 3.8) is 0 Å². The van der Waals surface area contributed by atoms with Gasteiger partial charge in [0.1, 0.15) is 0 Å². The summed E-state index contributed by atoms with van der Waals surface area (Å²) in [6.07, 6.45) is 7.36. The Morgan fingerprint density at radius 1 is 0.703 bits per heavy atom. The molecule has 0 saturated heterocycles. The van der Waals surface area contributed by atoms with E-state index in [2.05, 4.69) is 138 Å². The number of hydrogen-bond donors (Lipinski definition) is 1. The summed E-state index contributed by atoms with van der Waals surface area (Å²) in [7, 11) is 2.05. The summed E-state index contributed by atoms with van der Waals surface area (Å²) in [5.74, 6) is 8.72. The zero-order valence-electron chi connectivity index (χ0n) is 27.4. The Kier molecular flexibility index (Phi) is 12.5. The Morgan fingerprint density at radius 3 is 1.62 bits per heavy atom. The van der Waals surface area contributed by atoms with Gasteiger partial charge in [-0.05, 0) is 71.9 Å². The van der Waals surface area contributed by atoms with Crippen LogP contribution >= 0.6 is 0 Å². The van der Waals surface area contributed by atoms with E-state index < -0.39 is 0 Å². The third kappa shape index (κ3) is 10.4. The van der Waals surface area contributed by atoms with Crippen molar-refractivity contribution < 1.29 is 0 Å². The Labute approximate surface area is 233 Å². The van der Waals surface area contributed by atoms with E-state index in [4.69, 9.17) is 0 Å². The highest BCUT2D eigenvalue weighted by atomic mass is 14.9. The monoisotopic (exact) mass is 509 g/mol. The fourth-order valence-electron chi connectivity index (χ4n) is 6.32. The van der Waals surface area contributed by atoms with Crippen LogP contribution in [0.5, 0.6) is 0 Å². The van der Waals surface area contributed by atoms with Gasteiger partial charge in [-0.1, -0.05) is 138 Å². The molecule has 37 heavy (non-hydrogen) atoms. The Balaban J connectivity index is 2.88. The summed E-state index contributed by atoms with van der Waals surface area (Å²) in [5.41, 5.74) is 3.73. The molecule has 0 aliphatic heterocycles. The quantitative estimate of drug-likeness (QED) is 0.246. The Morgan fingerprint density at radius 2 is 1.16 bits per heavy atom. The molecular formula is C36H63N. The number of benzene rings is 1. The highest BCUT2D eigenvalue weighted by molar-refractivity contribution is 5.32. The number of rotatable bonds is 14. The largest absolute Gasteiger partial charge is 0.317 e. The fourth-order valence-corrected chi connectivity index (χ4v) is 6.32. The van der Waals surface area contributed by atoms with E-state index in [0.29, 0.717) is 23.3 Å². The number of nitrogens with one attached hydrogen (secondary N) is 1. The standard InChI is InChI=1S/C36H63N/c1-15-16-17-29(4)35(10,11)26-36(12,13)32-22-20-31(21-23-32)34(8,9)25-28(3)19-18-27(2)24-33(6,7)30(5)37-14/h20-23,27-30,37H,15-17,24-26H2,1-14H3. The molecule has 0 fully saturated rings. The molecule has 0 saturated carbocycles. The maximum atomic E-state index is 3.60. The minimum atomic E-state index is 0.105. The van der Waals surface area contributed by atoms with Crippen LogP contribution < -0.4 is 5.32 Å². The van der Waals surface area contributed by atoms with E-state index in [1.165, 1.54) is 36.8 Å². The van der Waals surface area contributed by atoms with Crippen molar-refractivity contribution >= 4 is 0 Å². The predicted octanol–water partition coefficient (Wildman–Crippen LogP) is 10.2. The van der Waals surface area contributed by atoms with Crippen molar-refractivity contribution in [2.75, 3.05) is 7.05 Å². The van der Waals surface area contributed by atoms with Gasteiger partial charge in [-0.3, -0.25) is 0 Å². The lowest BCUT2D eigenvalue weighted by Crippen LogP contribution is -2.38. The molecule has 0 radical (unpaired) electrons. The third-order valence-corrected chi connectivity index (χ3v) is 9.50. The summed E-state index contributed by atoms with van der Waals surface area (Å²) in [5, 5.41) is 3.41. The van der Waals surface area contributed by atoms with Gasteiger partial charge >= 0.3 is 0 Å². The minimum Gasteiger partial charge on any atom is -0.317 e. The van der Waals surface area contributed by atoms with E-state index in [0.717, 1.165) is 18.8 Å². The van der Waals surface area contributed by atoms with Crippen LogP contribution in [0, 0.1) is 40.4 Å². The topological polar surface area (TPSA) is 12.0 Å². The number of unbranched alkanes of at least 4 members (excludes halogenated alkanes) is 1. The first kappa shape index (κ1) is 33.8. The predicted molar refractivity (Wildman–Crippen MR) is 167 cm³/mol. The van der Waals surface area contributed by atoms with E-state index in [9.17, 15) is 0 Å². The van der Waals surface area contributed by atoms with Crippen molar-refractivity contribution in [2.45, 2.75) is 145 Å². The van der Waals surface area contributed by atoms with Crippen molar-refractivity contribution in [3.8, 4) is 11.8 Å². The molecule has 0 amide bonds. The summed E-state index contributed by atoms with van der Waals surface area (Å²) in [6, 6.07) is 10.0. The van der Waals surface area contributed by atoms with Gasteiger partial charge in [0.15, 0.2) is 0 Å². The minimum absolute atomic E-state index is 0.105. The average Bonchev–Trinajstić information content (AvgIpc) is 2.79. The molecule has 0 heterocycles. The summed E-state index contributed by atoms with van der Waals surface area (Å²) in [6.45, 7) is 30.8. The molecule has 1 N–H and O–H groups in total. The molecule has 0 aliphatic rings. The van der Waals surface area contributed by atoms with Gasteiger partial charge in [0.25, 0.3) is 0 Å². The number of hydrogen-bond acceptors (Lipinski definition) is 1. The van der Waals surface area contributed by atoms with Crippen LogP contribution in [0.1, 0.15) is 140 Å². The fraction of sp³-hybridized carbons (Fsp3) is 0.778. The van der Waals surface area contributed by atoms with Gasteiger partial charge < -0.3 is 5.32 Å². The molecule has 1 aromatic carbocycles. The Hall–Kier alpha value is -1.26. The van der Waals surface area contributed by atoms with Crippen LogP contribution in [0.25, 0.3) is 0 Å². The van der Waals surface area contributed by atoms with E-state index in [1.54, 1.807) is 0 Å². The SMILES string of the molecule is CCCCC(C)C(C)(C)CC(C)(C)c1ccc(C(C)(C)CC(C)C#CC(C)CC(C)(C)C(C)NC)cc1. The van der Waals surface area contributed by atoms with E-state index in [1.807, 2.05) is 0 Å². The summed E-state index contributed by atoms with van der Waals surface area (Å²) >= 11 is 0. The van der Waals surface area contributed by atoms with Crippen molar-refractivity contribution in [3.05, 3.63) is 35.4 Å². The first-order valence-corrected chi connectivity index (χ1v) is 15.2. The molecule has 4 unspecified atom stereocenters. The molecule has 0 aromatic heterocycles. The van der Waals surface area contributed by atoms with E-state index >= 15 is 0 Å². The zero-order chi connectivity index (χ0) is 28.7. The zero-order valence-corrected chi connectivity index (χ0v) is 27.4.